The van der Waals surface area contributed by atoms with Crippen molar-refractivity contribution in [3.05, 3.63) is 91.9 Å². The minimum Gasteiger partial charge on any atom is -0.550 e. The third kappa shape index (κ3) is 6.28. The molecule has 2 aliphatic rings. The molecular formula is C33H34N4O6-2. The van der Waals surface area contributed by atoms with Crippen LogP contribution in [-0.2, 0) is 38.4 Å². The van der Waals surface area contributed by atoms with E-state index in [1.165, 1.54) is 6.08 Å². The van der Waals surface area contributed by atoms with Gasteiger partial charge < -0.3 is 35.1 Å². The fourth-order valence-electron chi connectivity index (χ4n) is 5.67. The van der Waals surface area contributed by atoms with Crippen molar-refractivity contribution in [3.63, 3.8) is 0 Å². The van der Waals surface area contributed by atoms with Crippen molar-refractivity contribution in [1.29, 1.82) is 0 Å². The molecule has 0 radical (unpaired) electrons. The van der Waals surface area contributed by atoms with Crippen molar-refractivity contribution in [2.45, 2.75) is 65.8 Å². The highest BCUT2D eigenvalue weighted by Crippen LogP contribution is 2.26. The number of hydrogen-bond donors (Lipinski definition) is 3. The summed E-state index contributed by atoms with van der Waals surface area (Å²) in [4.78, 5) is 58.2. The van der Waals surface area contributed by atoms with Gasteiger partial charge in [-0.05, 0) is 93.4 Å². The predicted molar refractivity (Wildman–Crippen MR) is 159 cm³/mol. The van der Waals surface area contributed by atoms with E-state index in [0.717, 1.165) is 33.5 Å². The van der Waals surface area contributed by atoms with E-state index in [1.807, 2.05) is 26.8 Å². The van der Waals surface area contributed by atoms with E-state index >= 15 is 0 Å². The summed E-state index contributed by atoms with van der Waals surface area (Å²) >= 11 is 0. The molecule has 0 unspecified atom stereocenters. The molecule has 0 saturated heterocycles. The second-order valence-corrected chi connectivity index (χ2v) is 10.8. The van der Waals surface area contributed by atoms with Crippen molar-refractivity contribution in [2.75, 3.05) is 0 Å². The van der Waals surface area contributed by atoms with Crippen LogP contribution in [0.25, 0.3) is 12.2 Å². The van der Waals surface area contributed by atoms with Gasteiger partial charge in [0, 0.05) is 57.2 Å². The van der Waals surface area contributed by atoms with Crippen molar-refractivity contribution in [3.8, 4) is 0 Å². The molecule has 2 aliphatic heterocycles. The van der Waals surface area contributed by atoms with Gasteiger partial charge in [0.1, 0.15) is 0 Å². The van der Waals surface area contributed by atoms with Crippen LogP contribution in [0.5, 0.6) is 0 Å². The van der Waals surface area contributed by atoms with Gasteiger partial charge in [0.05, 0.1) is 11.8 Å². The average Bonchev–Trinajstić information content (AvgIpc) is 3.59. The van der Waals surface area contributed by atoms with Crippen molar-refractivity contribution < 1.29 is 29.4 Å². The number of aliphatic carboxylic acids is 2. The number of rotatable bonds is 12. The van der Waals surface area contributed by atoms with E-state index in [0.29, 0.717) is 45.2 Å². The predicted octanol–water partition coefficient (Wildman–Crippen LogP) is -0.0390. The number of allylic oxidation sites excluding steroid dienone is 2. The van der Waals surface area contributed by atoms with Crippen molar-refractivity contribution in [2.24, 2.45) is 4.99 Å². The molecule has 10 heteroatoms. The lowest BCUT2D eigenvalue weighted by Gasteiger charge is -2.12. The van der Waals surface area contributed by atoms with Gasteiger partial charge in [0.2, 0.25) is 0 Å². The highest BCUT2D eigenvalue weighted by atomic mass is 16.4. The molecule has 10 nitrogen and oxygen atoms in total. The van der Waals surface area contributed by atoms with Crippen LogP contribution in [0.1, 0.15) is 60.3 Å². The van der Waals surface area contributed by atoms with Crippen LogP contribution in [0.3, 0.4) is 0 Å². The highest BCUT2D eigenvalue weighted by molar-refractivity contribution is 6.32. The molecule has 0 aromatic carbocycles. The zero-order valence-electron chi connectivity index (χ0n) is 24.7. The number of nitrogens with one attached hydrogen (secondary N) is 3. The van der Waals surface area contributed by atoms with Crippen LogP contribution >= 0.6 is 0 Å². The summed E-state index contributed by atoms with van der Waals surface area (Å²) in [6.45, 7) is 14.8. The SMILES string of the molecule is C=CC1=C(C)C(=O)N=C1C=c1[nH]c(=Cc2[nH]c(C[C@H]3NC(=O)C(C=C)=C3C)c(C)c2CCC(=O)[O-])c(CCC(=O)[O-])c1C. The molecule has 2 amide bonds. The summed E-state index contributed by atoms with van der Waals surface area (Å²) in [5, 5.41) is 27.0. The first-order valence-electron chi connectivity index (χ1n) is 14.0. The Morgan fingerprint density at radius 3 is 2.07 bits per heavy atom. The minimum absolute atomic E-state index is 0.183. The van der Waals surface area contributed by atoms with Crippen LogP contribution in [0.4, 0.5) is 0 Å². The van der Waals surface area contributed by atoms with Gasteiger partial charge in [-0.2, -0.15) is 0 Å². The Morgan fingerprint density at radius 1 is 0.860 bits per heavy atom. The van der Waals surface area contributed by atoms with Crippen molar-refractivity contribution in [1.82, 2.24) is 15.3 Å². The van der Waals surface area contributed by atoms with Gasteiger partial charge in [-0.15, -0.1) is 0 Å². The summed E-state index contributed by atoms with van der Waals surface area (Å²) in [6.07, 6.45) is 7.12. The molecule has 1 atom stereocenters. The van der Waals surface area contributed by atoms with E-state index in [9.17, 15) is 29.4 Å². The minimum atomic E-state index is -1.19. The Morgan fingerprint density at radius 2 is 1.49 bits per heavy atom. The van der Waals surface area contributed by atoms with E-state index in [4.69, 9.17) is 0 Å². The fraction of sp³-hybridized carbons (Fsp3) is 0.303. The van der Waals surface area contributed by atoms with Crippen molar-refractivity contribution >= 4 is 41.6 Å². The molecule has 3 N–H and O–H groups in total. The first kappa shape index (κ1) is 31.0. The third-order valence-electron chi connectivity index (χ3n) is 8.23. The van der Waals surface area contributed by atoms with Gasteiger partial charge in [0.15, 0.2) is 0 Å². The lowest BCUT2D eigenvalue weighted by Crippen LogP contribution is -2.30. The molecule has 0 aliphatic carbocycles. The number of carboxylic acid groups (broad SMARTS) is 2. The summed E-state index contributed by atoms with van der Waals surface area (Å²) in [5.41, 5.74) is 7.62. The maximum Gasteiger partial charge on any atom is 0.273 e. The molecular weight excluding hydrogens is 548 g/mol. The number of carbonyl (C=O) groups is 4. The Hall–Kier alpha value is -4.99. The standard InChI is InChI=1S/C33H36N4O6/c1-7-20-19(6)32(42)37-27(20)14-25-18(5)23(10-12-31(40)41)29(35-25)15-28-22(9-11-30(38)39)17(4)24(34-28)13-26-16(3)21(8-2)33(43)36-26/h7-8,14-15,26,34-35H,1-2,9-13H2,3-6H3,(H,36,43)(H,38,39)(H,40,41)/p-2/t26-/m1/s1. The van der Waals surface area contributed by atoms with Crippen LogP contribution in [-0.4, -0.2) is 45.5 Å². The molecule has 43 heavy (non-hydrogen) atoms. The number of aromatic nitrogens is 2. The Balaban J connectivity index is 1.87. The quantitative estimate of drug-likeness (QED) is 0.317. The largest absolute Gasteiger partial charge is 0.550 e. The Kier molecular flexibility index (Phi) is 8.99. The smallest absolute Gasteiger partial charge is 0.273 e. The normalized spacial score (nSPS) is 17.7. The van der Waals surface area contributed by atoms with E-state index < -0.39 is 11.9 Å². The lowest BCUT2D eigenvalue weighted by molar-refractivity contribution is -0.307. The van der Waals surface area contributed by atoms with Gasteiger partial charge in [-0.1, -0.05) is 25.3 Å². The van der Waals surface area contributed by atoms with Gasteiger partial charge in [-0.25, -0.2) is 4.99 Å². The number of H-pyrrole nitrogens is 2. The molecule has 4 rings (SSSR count). The topological polar surface area (TPSA) is 170 Å². The molecule has 2 aromatic heterocycles. The molecule has 0 bridgehead atoms. The van der Waals surface area contributed by atoms with Crippen LogP contribution < -0.4 is 26.2 Å². The molecule has 224 valence electrons. The Labute approximate surface area is 249 Å². The number of hydrogen-bond acceptors (Lipinski definition) is 6. The maximum absolute atomic E-state index is 12.4. The third-order valence-corrected chi connectivity index (χ3v) is 8.23. The summed E-state index contributed by atoms with van der Waals surface area (Å²) in [5.74, 6) is -2.90. The lowest BCUT2D eigenvalue weighted by atomic mass is 9.98. The zero-order chi connectivity index (χ0) is 31.6. The summed E-state index contributed by atoms with van der Waals surface area (Å²) in [7, 11) is 0. The van der Waals surface area contributed by atoms with Crippen LogP contribution in [0.15, 0.2) is 52.6 Å². The number of nitrogens with zero attached hydrogens (tertiary/aromatic N) is 1. The van der Waals surface area contributed by atoms with E-state index in [2.05, 4.69) is 33.4 Å². The second kappa shape index (κ2) is 12.5. The maximum atomic E-state index is 12.4. The summed E-state index contributed by atoms with van der Waals surface area (Å²) < 4.78 is 0. The van der Waals surface area contributed by atoms with Gasteiger partial charge in [0.25, 0.3) is 11.8 Å². The first-order chi connectivity index (χ1) is 20.4. The monoisotopic (exact) mass is 582 g/mol. The molecule has 0 spiro atoms. The molecule has 4 heterocycles. The number of carboxylic acids is 2. The number of amides is 2. The summed E-state index contributed by atoms with van der Waals surface area (Å²) in [6, 6.07) is -0.252. The van der Waals surface area contributed by atoms with Crippen LogP contribution in [0, 0.1) is 13.8 Å². The van der Waals surface area contributed by atoms with E-state index in [-0.39, 0.29) is 43.5 Å². The molecule has 0 fully saturated rings. The van der Waals surface area contributed by atoms with Crippen LogP contribution in [0.2, 0.25) is 0 Å². The average molecular weight is 583 g/mol. The first-order valence-corrected chi connectivity index (χ1v) is 14.0. The molecule has 2 aromatic rings. The number of carbonyl (C=O) groups excluding carboxylic acids is 4. The second-order valence-electron chi connectivity index (χ2n) is 10.8. The number of aromatic amines is 2. The number of aliphatic imine (C=N–C) groups is 1. The van der Waals surface area contributed by atoms with Gasteiger partial charge >= 0.3 is 0 Å². The zero-order valence-corrected chi connectivity index (χ0v) is 24.7. The Bertz CT molecular complexity index is 1790. The van der Waals surface area contributed by atoms with Gasteiger partial charge in [-0.3, -0.25) is 9.59 Å². The van der Waals surface area contributed by atoms with E-state index in [1.54, 1.807) is 19.1 Å². The highest BCUT2D eigenvalue weighted by Gasteiger charge is 2.28. The fourth-order valence-corrected chi connectivity index (χ4v) is 5.67. The molecule has 0 saturated carbocycles.